The number of benzene rings is 1. The minimum absolute atomic E-state index is 0.107. The van der Waals surface area contributed by atoms with E-state index in [0.29, 0.717) is 11.4 Å². The van der Waals surface area contributed by atoms with Gasteiger partial charge in [-0.25, -0.2) is 0 Å². The summed E-state index contributed by atoms with van der Waals surface area (Å²) in [4.78, 5) is 23.6. The normalized spacial score (nSPS) is 10.2. The molecule has 21 heavy (non-hydrogen) atoms. The molecule has 0 spiro atoms. The van der Waals surface area contributed by atoms with Gasteiger partial charge in [-0.15, -0.1) is 11.3 Å². The molecule has 0 fully saturated rings. The van der Waals surface area contributed by atoms with Gasteiger partial charge in [0.15, 0.2) is 0 Å². The molecule has 0 aliphatic rings. The van der Waals surface area contributed by atoms with Crippen LogP contribution in [0.2, 0.25) is 0 Å². The van der Waals surface area contributed by atoms with Crippen molar-refractivity contribution in [3.05, 3.63) is 49.0 Å². The highest BCUT2D eigenvalue weighted by molar-refractivity contribution is 9.13. The summed E-state index contributed by atoms with van der Waals surface area (Å²) >= 11 is 8.10. The predicted molar refractivity (Wildman–Crippen MR) is 91.6 cm³/mol. The van der Waals surface area contributed by atoms with Crippen LogP contribution in [0.3, 0.4) is 0 Å². The molecular weight excluding hydrogens is 420 g/mol. The van der Waals surface area contributed by atoms with Gasteiger partial charge in [0.1, 0.15) is 0 Å². The highest BCUT2D eigenvalue weighted by Crippen LogP contribution is 2.32. The third kappa shape index (κ3) is 4.66. The Morgan fingerprint density at radius 2 is 1.86 bits per heavy atom. The summed E-state index contributed by atoms with van der Waals surface area (Å²) < 4.78 is 1.77. The highest BCUT2D eigenvalue weighted by Gasteiger charge is 2.11. The van der Waals surface area contributed by atoms with Crippen LogP contribution < -0.4 is 10.6 Å². The van der Waals surface area contributed by atoms with Crippen LogP contribution in [0.5, 0.6) is 0 Å². The van der Waals surface area contributed by atoms with E-state index in [1.54, 1.807) is 18.2 Å². The van der Waals surface area contributed by atoms with Crippen molar-refractivity contribution in [3.63, 3.8) is 0 Å². The van der Waals surface area contributed by atoms with Crippen molar-refractivity contribution in [2.24, 2.45) is 0 Å². The SMILES string of the molecule is CC(=O)Nc1ccc(CNC(=O)c2cc(Br)c(Br)s2)cc1. The number of rotatable bonds is 4. The zero-order chi connectivity index (χ0) is 15.4. The second-order valence-corrected chi connectivity index (χ2v) is 7.52. The molecule has 0 bridgehead atoms. The maximum absolute atomic E-state index is 12.0. The quantitative estimate of drug-likeness (QED) is 0.763. The molecule has 7 heteroatoms. The minimum atomic E-state index is -0.114. The van der Waals surface area contributed by atoms with Crippen LogP contribution in [0.1, 0.15) is 22.2 Å². The Kier molecular flexibility index (Phi) is 5.55. The second kappa shape index (κ2) is 7.20. The maximum Gasteiger partial charge on any atom is 0.261 e. The molecule has 1 aromatic carbocycles. The van der Waals surface area contributed by atoms with E-state index in [1.807, 2.05) is 12.1 Å². The Labute approximate surface area is 143 Å². The van der Waals surface area contributed by atoms with Crippen LogP contribution >= 0.6 is 43.2 Å². The Hall–Kier alpha value is -1.18. The topological polar surface area (TPSA) is 58.2 Å². The smallest absolute Gasteiger partial charge is 0.261 e. The van der Waals surface area contributed by atoms with Gasteiger partial charge in [0.05, 0.1) is 8.66 Å². The number of carbonyl (C=O) groups excluding carboxylic acids is 2. The third-order valence-corrected chi connectivity index (χ3v) is 5.85. The summed E-state index contributed by atoms with van der Waals surface area (Å²) in [5.74, 6) is -0.220. The molecule has 110 valence electrons. The molecule has 0 saturated carbocycles. The van der Waals surface area contributed by atoms with Crippen LogP contribution in [0, 0.1) is 0 Å². The molecule has 0 atom stereocenters. The summed E-state index contributed by atoms with van der Waals surface area (Å²) in [5.41, 5.74) is 1.70. The van der Waals surface area contributed by atoms with E-state index in [0.717, 1.165) is 19.5 Å². The molecule has 2 rings (SSSR count). The van der Waals surface area contributed by atoms with Crippen molar-refractivity contribution < 1.29 is 9.59 Å². The molecule has 2 N–H and O–H groups in total. The van der Waals surface area contributed by atoms with Gasteiger partial charge in [-0.3, -0.25) is 9.59 Å². The van der Waals surface area contributed by atoms with Crippen LogP contribution in [-0.4, -0.2) is 11.8 Å². The summed E-state index contributed by atoms with van der Waals surface area (Å²) in [7, 11) is 0. The Bertz CT molecular complexity index is 649. The number of halogens is 2. The standard InChI is InChI=1S/C14H12Br2N2O2S/c1-8(19)18-10-4-2-9(3-5-10)7-17-14(20)12-6-11(15)13(16)21-12/h2-6H,7H2,1H3,(H,17,20)(H,18,19). The largest absolute Gasteiger partial charge is 0.347 e. The molecule has 0 aliphatic carbocycles. The van der Waals surface area contributed by atoms with Crippen LogP contribution in [0.4, 0.5) is 5.69 Å². The van der Waals surface area contributed by atoms with Crippen molar-refractivity contribution in [1.82, 2.24) is 5.32 Å². The summed E-state index contributed by atoms with van der Waals surface area (Å²) in [6, 6.07) is 9.13. The van der Waals surface area contributed by atoms with E-state index < -0.39 is 0 Å². The second-order valence-electron chi connectivity index (χ2n) is 4.29. The lowest BCUT2D eigenvalue weighted by atomic mass is 10.2. The first kappa shape index (κ1) is 16.2. The van der Waals surface area contributed by atoms with Gasteiger partial charge in [0, 0.05) is 23.6 Å². The lowest BCUT2D eigenvalue weighted by Crippen LogP contribution is -2.21. The van der Waals surface area contributed by atoms with Crippen molar-refractivity contribution in [3.8, 4) is 0 Å². The lowest BCUT2D eigenvalue weighted by molar-refractivity contribution is -0.114. The van der Waals surface area contributed by atoms with Gasteiger partial charge in [-0.1, -0.05) is 12.1 Å². The van der Waals surface area contributed by atoms with Gasteiger partial charge in [0.2, 0.25) is 5.91 Å². The van der Waals surface area contributed by atoms with E-state index in [9.17, 15) is 9.59 Å². The molecule has 2 amide bonds. The van der Waals surface area contributed by atoms with Crippen LogP contribution in [-0.2, 0) is 11.3 Å². The molecule has 0 unspecified atom stereocenters. The van der Waals surface area contributed by atoms with Gasteiger partial charge >= 0.3 is 0 Å². The fraction of sp³-hybridized carbons (Fsp3) is 0.143. The summed E-state index contributed by atoms with van der Waals surface area (Å²) in [6.07, 6.45) is 0. The van der Waals surface area contributed by atoms with Crippen molar-refractivity contribution in [1.29, 1.82) is 0 Å². The number of nitrogens with one attached hydrogen (secondary N) is 2. The summed E-state index contributed by atoms with van der Waals surface area (Å²) in [6.45, 7) is 1.90. The van der Waals surface area contributed by atoms with Gasteiger partial charge in [-0.2, -0.15) is 0 Å². The fourth-order valence-electron chi connectivity index (χ4n) is 1.64. The number of carbonyl (C=O) groups is 2. The molecule has 0 aliphatic heterocycles. The van der Waals surface area contributed by atoms with E-state index in [2.05, 4.69) is 42.5 Å². The van der Waals surface area contributed by atoms with E-state index in [4.69, 9.17) is 0 Å². The van der Waals surface area contributed by atoms with Crippen molar-refractivity contribution in [2.45, 2.75) is 13.5 Å². The van der Waals surface area contributed by atoms with Crippen molar-refractivity contribution in [2.75, 3.05) is 5.32 Å². The predicted octanol–water partition coefficient (Wildman–Crippen LogP) is 4.16. The van der Waals surface area contributed by atoms with Crippen molar-refractivity contribution >= 4 is 60.7 Å². The average molecular weight is 432 g/mol. The molecule has 0 radical (unpaired) electrons. The molecular formula is C14H12Br2N2O2S. The highest BCUT2D eigenvalue weighted by atomic mass is 79.9. The van der Waals surface area contributed by atoms with Crippen LogP contribution in [0.25, 0.3) is 0 Å². The number of hydrogen-bond donors (Lipinski definition) is 2. The lowest BCUT2D eigenvalue weighted by Gasteiger charge is -2.06. The Morgan fingerprint density at radius 3 is 2.38 bits per heavy atom. The first-order chi connectivity index (χ1) is 9.95. The minimum Gasteiger partial charge on any atom is -0.347 e. The number of amides is 2. The van der Waals surface area contributed by atoms with E-state index in [-0.39, 0.29) is 11.8 Å². The summed E-state index contributed by atoms with van der Waals surface area (Å²) in [5, 5.41) is 5.56. The fourth-order valence-corrected chi connectivity index (χ4v) is 3.59. The Balaban J connectivity index is 1.93. The number of hydrogen-bond acceptors (Lipinski definition) is 3. The maximum atomic E-state index is 12.0. The van der Waals surface area contributed by atoms with Gasteiger partial charge in [0.25, 0.3) is 5.91 Å². The molecule has 2 aromatic rings. The monoisotopic (exact) mass is 430 g/mol. The Morgan fingerprint density at radius 1 is 1.19 bits per heavy atom. The third-order valence-electron chi connectivity index (χ3n) is 2.60. The number of anilines is 1. The molecule has 1 aromatic heterocycles. The zero-order valence-electron chi connectivity index (χ0n) is 11.1. The molecule has 0 saturated heterocycles. The first-order valence-electron chi connectivity index (χ1n) is 6.05. The first-order valence-corrected chi connectivity index (χ1v) is 8.45. The molecule has 1 heterocycles. The average Bonchev–Trinajstić information content (AvgIpc) is 2.77. The zero-order valence-corrected chi connectivity index (χ0v) is 15.1. The van der Waals surface area contributed by atoms with Gasteiger partial charge < -0.3 is 10.6 Å². The van der Waals surface area contributed by atoms with Crippen LogP contribution in [0.15, 0.2) is 38.6 Å². The molecule has 4 nitrogen and oxygen atoms in total. The number of thiophene rings is 1. The van der Waals surface area contributed by atoms with E-state index >= 15 is 0 Å². The van der Waals surface area contributed by atoms with E-state index in [1.165, 1.54) is 18.3 Å². The van der Waals surface area contributed by atoms with Gasteiger partial charge in [-0.05, 0) is 55.6 Å².